The van der Waals surface area contributed by atoms with Gasteiger partial charge in [-0.15, -0.1) is 0 Å². The van der Waals surface area contributed by atoms with Gasteiger partial charge >= 0.3 is 0 Å². The highest BCUT2D eigenvalue weighted by atomic mass is 16.3. The molecule has 0 amide bonds. The largest absolute Gasteiger partial charge is 0.507 e. The molecular formula is C16H24N2O2. The zero-order chi connectivity index (χ0) is 14.5. The van der Waals surface area contributed by atoms with E-state index in [2.05, 4.69) is 10.2 Å². The smallest absolute Gasteiger partial charge is 0.169 e. The van der Waals surface area contributed by atoms with Crippen molar-refractivity contribution in [2.45, 2.75) is 19.8 Å². The first kappa shape index (κ1) is 15.0. The summed E-state index contributed by atoms with van der Waals surface area (Å²) in [5, 5.41) is 13.1. The van der Waals surface area contributed by atoms with E-state index >= 15 is 0 Å². The first-order valence-corrected chi connectivity index (χ1v) is 7.32. The highest BCUT2D eigenvalue weighted by Crippen LogP contribution is 2.26. The molecular weight excluding hydrogens is 252 g/mol. The summed E-state index contributed by atoms with van der Waals surface area (Å²) in [6.45, 7) is 5.86. The van der Waals surface area contributed by atoms with Gasteiger partial charge in [-0.05, 0) is 57.6 Å². The van der Waals surface area contributed by atoms with Crippen molar-refractivity contribution in [2.24, 2.45) is 5.92 Å². The van der Waals surface area contributed by atoms with Crippen LogP contribution in [0.2, 0.25) is 0 Å². The van der Waals surface area contributed by atoms with Crippen LogP contribution in [0, 0.1) is 12.8 Å². The second kappa shape index (κ2) is 6.86. The minimum Gasteiger partial charge on any atom is -0.507 e. The number of rotatable bonds is 5. The minimum atomic E-state index is 0.0504. The summed E-state index contributed by atoms with van der Waals surface area (Å²) in [6.07, 6.45) is 1.77. The number of aromatic hydroxyl groups is 1. The molecule has 0 atom stereocenters. The third-order valence-corrected chi connectivity index (χ3v) is 4.06. The third-order valence-electron chi connectivity index (χ3n) is 4.06. The number of phenolic OH excluding ortho intramolecular Hbond substituents is 1. The Morgan fingerprint density at radius 3 is 2.70 bits per heavy atom. The predicted octanol–water partition coefficient (Wildman–Crippen LogP) is 1.81. The average Bonchev–Trinajstić information content (AvgIpc) is 2.45. The Labute approximate surface area is 120 Å². The number of benzene rings is 1. The summed E-state index contributed by atoms with van der Waals surface area (Å²) in [5.41, 5.74) is 1.45. The number of Topliss-reactive ketones (excluding diaryl/α,β-unsaturated/α-hetero) is 1. The lowest BCUT2D eigenvalue weighted by molar-refractivity contribution is 0.0838. The number of piperidine rings is 1. The van der Waals surface area contributed by atoms with Crippen LogP contribution in [0.5, 0.6) is 5.75 Å². The highest BCUT2D eigenvalue weighted by Gasteiger charge is 2.26. The van der Waals surface area contributed by atoms with Crippen LogP contribution in [0.15, 0.2) is 18.2 Å². The first-order valence-electron chi connectivity index (χ1n) is 7.32. The van der Waals surface area contributed by atoms with Gasteiger partial charge in [0.1, 0.15) is 5.75 Å². The summed E-state index contributed by atoms with van der Waals surface area (Å²) >= 11 is 0. The number of nitrogens with zero attached hydrogens (tertiary/aromatic N) is 1. The van der Waals surface area contributed by atoms with Gasteiger partial charge in [-0.1, -0.05) is 6.07 Å². The molecule has 0 saturated carbocycles. The van der Waals surface area contributed by atoms with Crippen molar-refractivity contribution in [3.05, 3.63) is 29.3 Å². The van der Waals surface area contributed by atoms with Crippen LogP contribution in [0.1, 0.15) is 28.8 Å². The molecule has 1 saturated heterocycles. The van der Waals surface area contributed by atoms with Crippen LogP contribution in [0.4, 0.5) is 0 Å². The van der Waals surface area contributed by atoms with Crippen molar-refractivity contribution in [3.8, 4) is 5.75 Å². The number of likely N-dealkylation sites (tertiary alicyclic amines) is 1. The van der Waals surface area contributed by atoms with Crippen LogP contribution in [-0.4, -0.2) is 49.0 Å². The molecule has 1 aliphatic heterocycles. The second-order valence-electron chi connectivity index (χ2n) is 5.60. The van der Waals surface area contributed by atoms with Crippen molar-refractivity contribution in [1.29, 1.82) is 0 Å². The van der Waals surface area contributed by atoms with Gasteiger partial charge in [0.05, 0.1) is 5.56 Å². The molecule has 1 aliphatic rings. The van der Waals surface area contributed by atoms with Crippen LogP contribution in [0.3, 0.4) is 0 Å². The fourth-order valence-corrected chi connectivity index (χ4v) is 2.76. The second-order valence-corrected chi connectivity index (χ2v) is 5.60. The fraction of sp³-hybridized carbons (Fsp3) is 0.562. The van der Waals surface area contributed by atoms with Crippen LogP contribution < -0.4 is 5.32 Å². The molecule has 1 aromatic carbocycles. The van der Waals surface area contributed by atoms with Gasteiger partial charge in [0.25, 0.3) is 0 Å². The number of carbonyl (C=O) groups excluding carboxylic acids is 1. The molecule has 0 unspecified atom stereocenters. The van der Waals surface area contributed by atoms with Gasteiger partial charge < -0.3 is 15.3 Å². The maximum absolute atomic E-state index is 12.5. The number of hydrogen-bond acceptors (Lipinski definition) is 4. The van der Waals surface area contributed by atoms with Gasteiger partial charge in [0.15, 0.2) is 5.78 Å². The Hall–Kier alpha value is -1.39. The molecule has 110 valence electrons. The maximum atomic E-state index is 12.5. The summed E-state index contributed by atoms with van der Waals surface area (Å²) in [5.74, 6) is 0.262. The Morgan fingerprint density at radius 2 is 2.10 bits per heavy atom. The van der Waals surface area contributed by atoms with Gasteiger partial charge in [-0.25, -0.2) is 0 Å². The lowest BCUT2D eigenvalue weighted by atomic mass is 9.88. The summed E-state index contributed by atoms with van der Waals surface area (Å²) in [7, 11) is 1.95. The number of nitrogens with one attached hydrogen (secondary N) is 1. The van der Waals surface area contributed by atoms with Crippen LogP contribution in [-0.2, 0) is 0 Å². The zero-order valence-electron chi connectivity index (χ0n) is 12.4. The number of aryl methyl sites for hydroxylation is 1. The molecule has 0 aromatic heterocycles. The lowest BCUT2D eigenvalue weighted by Gasteiger charge is -2.31. The molecule has 1 aromatic rings. The van der Waals surface area contributed by atoms with E-state index in [1.165, 1.54) is 0 Å². The zero-order valence-corrected chi connectivity index (χ0v) is 12.4. The van der Waals surface area contributed by atoms with Crippen molar-refractivity contribution < 1.29 is 9.90 Å². The van der Waals surface area contributed by atoms with Gasteiger partial charge in [0.2, 0.25) is 0 Å². The fourth-order valence-electron chi connectivity index (χ4n) is 2.76. The Balaban J connectivity index is 1.94. The standard InChI is InChI=1S/C16H24N2O2/c1-12-3-4-14(15(19)11-12)16(20)13-5-8-18(9-6-13)10-7-17-2/h3-4,11,13,17,19H,5-10H2,1-2H3. The Kier molecular flexibility index (Phi) is 5.15. The molecule has 2 rings (SSSR count). The van der Waals surface area contributed by atoms with Gasteiger partial charge in [-0.3, -0.25) is 4.79 Å². The molecule has 0 spiro atoms. The van der Waals surface area contributed by atoms with E-state index in [9.17, 15) is 9.90 Å². The number of carbonyl (C=O) groups is 1. The number of likely N-dealkylation sites (N-methyl/N-ethyl adjacent to an activating group) is 1. The summed E-state index contributed by atoms with van der Waals surface area (Å²) in [4.78, 5) is 14.8. The normalized spacial score (nSPS) is 17.3. The van der Waals surface area contributed by atoms with E-state index in [1.54, 1.807) is 12.1 Å². The molecule has 0 radical (unpaired) electrons. The molecule has 4 nitrogen and oxygen atoms in total. The number of hydrogen-bond donors (Lipinski definition) is 2. The quantitative estimate of drug-likeness (QED) is 0.805. The number of phenols is 1. The molecule has 1 fully saturated rings. The van der Waals surface area contributed by atoms with E-state index in [4.69, 9.17) is 0 Å². The van der Waals surface area contributed by atoms with Crippen molar-refractivity contribution in [1.82, 2.24) is 10.2 Å². The van der Waals surface area contributed by atoms with Crippen molar-refractivity contribution >= 4 is 5.78 Å². The summed E-state index contributed by atoms with van der Waals surface area (Å²) < 4.78 is 0. The molecule has 1 heterocycles. The van der Waals surface area contributed by atoms with Crippen LogP contribution in [0.25, 0.3) is 0 Å². The molecule has 2 N–H and O–H groups in total. The van der Waals surface area contributed by atoms with Crippen LogP contribution >= 0.6 is 0 Å². The van der Waals surface area contributed by atoms with E-state index in [0.29, 0.717) is 5.56 Å². The first-order chi connectivity index (χ1) is 9.61. The Bertz CT molecular complexity index is 466. The maximum Gasteiger partial charge on any atom is 0.169 e. The molecule has 20 heavy (non-hydrogen) atoms. The third kappa shape index (κ3) is 3.58. The predicted molar refractivity (Wildman–Crippen MR) is 80.3 cm³/mol. The lowest BCUT2D eigenvalue weighted by Crippen LogP contribution is -2.39. The summed E-state index contributed by atoms with van der Waals surface area (Å²) in [6, 6.07) is 5.30. The van der Waals surface area contributed by atoms with Gasteiger partial charge in [-0.2, -0.15) is 0 Å². The topological polar surface area (TPSA) is 52.6 Å². The van der Waals surface area contributed by atoms with E-state index in [-0.39, 0.29) is 17.5 Å². The van der Waals surface area contributed by atoms with Crippen molar-refractivity contribution in [2.75, 3.05) is 33.2 Å². The van der Waals surface area contributed by atoms with E-state index in [0.717, 1.165) is 44.6 Å². The molecule has 4 heteroatoms. The van der Waals surface area contributed by atoms with E-state index in [1.807, 2.05) is 20.0 Å². The highest BCUT2D eigenvalue weighted by molar-refractivity contribution is 6.00. The number of ketones is 1. The monoisotopic (exact) mass is 276 g/mol. The van der Waals surface area contributed by atoms with E-state index < -0.39 is 0 Å². The molecule has 0 aliphatic carbocycles. The van der Waals surface area contributed by atoms with Gasteiger partial charge in [0, 0.05) is 19.0 Å². The Morgan fingerprint density at radius 1 is 1.40 bits per heavy atom. The van der Waals surface area contributed by atoms with Crippen molar-refractivity contribution in [3.63, 3.8) is 0 Å². The molecule has 0 bridgehead atoms. The SMILES string of the molecule is CNCCN1CCC(C(=O)c2ccc(C)cc2O)CC1. The minimum absolute atomic E-state index is 0.0504. The average molecular weight is 276 g/mol.